The molecule has 6 heteroatoms. The van der Waals surface area contributed by atoms with Crippen LogP contribution in [0.4, 0.5) is 5.82 Å². The van der Waals surface area contributed by atoms with Gasteiger partial charge in [0.2, 0.25) is 0 Å². The molecule has 3 heterocycles. The zero-order valence-electron chi connectivity index (χ0n) is 15.1. The Morgan fingerprint density at radius 1 is 1.29 bits per heavy atom. The summed E-state index contributed by atoms with van der Waals surface area (Å²) in [5.41, 5.74) is 7.52. The molecule has 2 aromatic rings. The van der Waals surface area contributed by atoms with Crippen molar-refractivity contribution in [2.75, 3.05) is 25.4 Å². The summed E-state index contributed by atoms with van der Waals surface area (Å²) in [5.74, 6) is 1.41. The number of piperidine rings is 1. The largest absolute Gasteiger partial charge is 0.396 e. The minimum atomic E-state index is 0.0992. The lowest BCUT2D eigenvalue weighted by atomic mass is 9.76. The van der Waals surface area contributed by atoms with E-state index in [0.717, 1.165) is 48.4 Å². The van der Waals surface area contributed by atoms with Crippen LogP contribution in [0.25, 0.3) is 10.2 Å². The minimum Gasteiger partial charge on any atom is -0.396 e. The van der Waals surface area contributed by atoms with Gasteiger partial charge in [-0.25, -0.2) is 9.97 Å². The molecule has 5 nitrogen and oxygen atoms in total. The Hall–Kier alpha value is -1.24. The Morgan fingerprint density at radius 2 is 1.96 bits per heavy atom. The third-order valence-electron chi connectivity index (χ3n) is 5.94. The molecule has 132 valence electrons. The van der Waals surface area contributed by atoms with Crippen LogP contribution < -0.4 is 5.73 Å². The Balaban J connectivity index is 1.83. The number of rotatable bonds is 4. The summed E-state index contributed by atoms with van der Waals surface area (Å²) in [5, 5.41) is 10.7. The summed E-state index contributed by atoms with van der Waals surface area (Å²) >= 11 is 1.70. The highest BCUT2D eigenvalue weighted by Crippen LogP contribution is 2.38. The highest BCUT2D eigenvalue weighted by molar-refractivity contribution is 7.18. The van der Waals surface area contributed by atoms with Crippen LogP contribution in [0.3, 0.4) is 0 Å². The number of aryl methyl sites for hydroxylation is 2. The first-order valence-electron chi connectivity index (χ1n) is 8.79. The van der Waals surface area contributed by atoms with Crippen LogP contribution in [-0.4, -0.2) is 39.7 Å². The van der Waals surface area contributed by atoms with Crippen molar-refractivity contribution in [2.45, 2.75) is 53.0 Å². The normalized spacial score (nSPS) is 19.7. The predicted molar refractivity (Wildman–Crippen MR) is 100 cm³/mol. The van der Waals surface area contributed by atoms with E-state index in [2.05, 4.69) is 37.6 Å². The highest BCUT2D eigenvalue weighted by atomic mass is 32.1. The molecule has 1 aliphatic heterocycles. The maximum Gasteiger partial charge on any atom is 0.149 e. The molecule has 1 atom stereocenters. The van der Waals surface area contributed by atoms with Gasteiger partial charge in [-0.15, -0.1) is 11.3 Å². The zero-order valence-corrected chi connectivity index (χ0v) is 15.9. The molecular formula is C18H28N4OS. The Bertz CT molecular complexity index is 728. The van der Waals surface area contributed by atoms with Gasteiger partial charge in [0.15, 0.2) is 0 Å². The van der Waals surface area contributed by atoms with Gasteiger partial charge in [0.1, 0.15) is 16.5 Å². The SMILES string of the molecule is CCC1(CO)CCN(C(C)c2nc(N)c3c(C)c(C)sc3n2)CC1. The van der Waals surface area contributed by atoms with Crippen LogP contribution in [0.1, 0.15) is 55.4 Å². The molecule has 0 spiro atoms. The summed E-state index contributed by atoms with van der Waals surface area (Å²) in [7, 11) is 0. The average Bonchev–Trinajstić information content (AvgIpc) is 2.89. The molecule has 0 bridgehead atoms. The fraction of sp³-hybridized carbons (Fsp3) is 0.667. The summed E-state index contributed by atoms with van der Waals surface area (Å²) in [6.07, 6.45) is 3.09. The number of nitrogens with two attached hydrogens (primary N) is 1. The maximum absolute atomic E-state index is 9.71. The monoisotopic (exact) mass is 348 g/mol. The van der Waals surface area contributed by atoms with Crippen molar-refractivity contribution >= 4 is 27.4 Å². The molecule has 0 aliphatic carbocycles. The lowest BCUT2D eigenvalue weighted by molar-refractivity contribution is 0.0258. The zero-order chi connectivity index (χ0) is 17.5. The van der Waals surface area contributed by atoms with Gasteiger partial charge in [0.05, 0.1) is 11.4 Å². The maximum atomic E-state index is 9.71. The molecule has 0 amide bonds. The number of anilines is 1. The van der Waals surface area contributed by atoms with E-state index in [1.807, 2.05) is 0 Å². The van der Waals surface area contributed by atoms with E-state index in [0.29, 0.717) is 5.82 Å². The summed E-state index contributed by atoms with van der Waals surface area (Å²) in [6.45, 7) is 10.8. The molecule has 0 saturated carbocycles. The van der Waals surface area contributed by atoms with Gasteiger partial charge < -0.3 is 10.8 Å². The lowest BCUT2D eigenvalue weighted by Crippen LogP contribution is -2.43. The number of thiophene rings is 1. The van der Waals surface area contributed by atoms with Crippen LogP contribution in [0.5, 0.6) is 0 Å². The van der Waals surface area contributed by atoms with Crippen molar-refractivity contribution < 1.29 is 5.11 Å². The van der Waals surface area contributed by atoms with Crippen molar-refractivity contribution in [1.29, 1.82) is 0 Å². The third kappa shape index (κ3) is 2.91. The number of nitrogen functional groups attached to an aromatic ring is 1. The number of aliphatic hydroxyl groups is 1. The summed E-state index contributed by atoms with van der Waals surface area (Å²) in [6, 6.07) is 0.146. The minimum absolute atomic E-state index is 0.0992. The van der Waals surface area contributed by atoms with E-state index >= 15 is 0 Å². The van der Waals surface area contributed by atoms with E-state index in [1.165, 1.54) is 10.4 Å². The summed E-state index contributed by atoms with van der Waals surface area (Å²) in [4.78, 5) is 14.1. The number of aliphatic hydroxyl groups excluding tert-OH is 1. The molecule has 1 aliphatic rings. The number of nitrogens with zero attached hydrogens (tertiary/aromatic N) is 3. The van der Waals surface area contributed by atoms with Gasteiger partial charge in [-0.1, -0.05) is 6.92 Å². The fourth-order valence-electron chi connectivity index (χ4n) is 3.66. The van der Waals surface area contributed by atoms with Gasteiger partial charge in [-0.2, -0.15) is 0 Å². The van der Waals surface area contributed by atoms with Crippen LogP contribution in [0.2, 0.25) is 0 Å². The number of hydrogen-bond acceptors (Lipinski definition) is 6. The second-order valence-corrected chi connectivity index (χ2v) is 8.36. The van der Waals surface area contributed by atoms with E-state index < -0.39 is 0 Å². The fourth-order valence-corrected chi connectivity index (χ4v) is 4.70. The molecule has 1 saturated heterocycles. The first-order valence-corrected chi connectivity index (χ1v) is 9.60. The molecule has 0 aromatic carbocycles. The van der Waals surface area contributed by atoms with Crippen LogP contribution in [0, 0.1) is 19.3 Å². The standard InChI is InChI=1S/C18H28N4OS/c1-5-18(10-23)6-8-22(9-7-18)12(3)16-20-15(19)14-11(2)13(4)24-17(14)21-16/h12,23H,5-10H2,1-4H3,(H2,19,20,21). The molecule has 24 heavy (non-hydrogen) atoms. The molecule has 3 N–H and O–H groups in total. The Morgan fingerprint density at radius 3 is 2.54 bits per heavy atom. The molecule has 0 radical (unpaired) electrons. The second kappa shape index (κ2) is 6.58. The third-order valence-corrected chi connectivity index (χ3v) is 7.04. The van der Waals surface area contributed by atoms with Gasteiger partial charge >= 0.3 is 0 Å². The van der Waals surface area contributed by atoms with Gasteiger partial charge in [0, 0.05) is 11.5 Å². The van der Waals surface area contributed by atoms with E-state index in [4.69, 9.17) is 10.7 Å². The van der Waals surface area contributed by atoms with Crippen molar-refractivity contribution in [3.63, 3.8) is 0 Å². The highest BCUT2D eigenvalue weighted by Gasteiger charge is 2.34. The topological polar surface area (TPSA) is 75.3 Å². The molecular weight excluding hydrogens is 320 g/mol. The van der Waals surface area contributed by atoms with E-state index in [9.17, 15) is 5.11 Å². The first-order chi connectivity index (χ1) is 11.4. The second-order valence-electron chi connectivity index (χ2n) is 7.15. The molecule has 1 fully saturated rings. The van der Waals surface area contributed by atoms with Crippen molar-refractivity contribution in [3.05, 3.63) is 16.3 Å². The lowest BCUT2D eigenvalue weighted by Gasteiger charge is -2.42. The van der Waals surface area contributed by atoms with Crippen molar-refractivity contribution in [2.24, 2.45) is 5.41 Å². The van der Waals surface area contributed by atoms with Crippen LogP contribution in [0.15, 0.2) is 0 Å². The number of likely N-dealkylation sites (tertiary alicyclic amines) is 1. The molecule has 2 aromatic heterocycles. The van der Waals surface area contributed by atoms with Crippen LogP contribution >= 0.6 is 11.3 Å². The quantitative estimate of drug-likeness (QED) is 0.885. The number of aromatic nitrogens is 2. The van der Waals surface area contributed by atoms with Gasteiger partial charge in [-0.3, -0.25) is 4.90 Å². The smallest absolute Gasteiger partial charge is 0.149 e. The van der Waals surface area contributed by atoms with Crippen molar-refractivity contribution in [1.82, 2.24) is 14.9 Å². The van der Waals surface area contributed by atoms with E-state index in [1.54, 1.807) is 11.3 Å². The molecule has 3 rings (SSSR count). The van der Waals surface area contributed by atoms with Gasteiger partial charge in [0.25, 0.3) is 0 Å². The van der Waals surface area contributed by atoms with E-state index in [-0.39, 0.29) is 18.1 Å². The van der Waals surface area contributed by atoms with Crippen molar-refractivity contribution in [3.8, 4) is 0 Å². The number of fused-ring (bicyclic) bond motifs is 1. The Kier molecular flexibility index (Phi) is 4.82. The first kappa shape index (κ1) is 17.6. The molecule has 1 unspecified atom stereocenters. The van der Waals surface area contributed by atoms with Gasteiger partial charge in [-0.05, 0) is 64.1 Å². The average molecular weight is 349 g/mol. The predicted octanol–water partition coefficient (Wildman–Crippen LogP) is 3.44. The Labute approximate surface area is 147 Å². The van der Waals surface area contributed by atoms with Crippen LogP contribution in [-0.2, 0) is 0 Å². The number of hydrogen-bond donors (Lipinski definition) is 2. The summed E-state index contributed by atoms with van der Waals surface area (Å²) < 4.78 is 0.